The highest BCUT2D eigenvalue weighted by Gasteiger charge is 2.55. The zero-order valence-corrected chi connectivity index (χ0v) is 41.0. The Morgan fingerprint density at radius 2 is 1.63 bits per heavy atom. The number of piperidine rings is 1. The number of hydrogen-bond acceptors (Lipinski definition) is 10. The average molecular weight is 916 g/mol. The second-order valence-corrected chi connectivity index (χ2v) is 20.6. The summed E-state index contributed by atoms with van der Waals surface area (Å²) < 4.78 is 56.5. The van der Waals surface area contributed by atoms with Gasteiger partial charge in [0.15, 0.2) is 18.1 Å². The fourth-order valence-corrected chi connectivity index (χ4v) is 10.2. The molecule has 14 unspecified atom stereocenters. The molecule has 0 radical (unpaired) electrons. The standard InChI is InChI=1S/C52H79F2NO10/c1-31-17-13-12-14-18-36(6)51(8,9)30-39-22-20-37(7)52(54,65-39)48(59)49(60)55-24-16-15-19-40(55)50(61)64-43(33(3)27-38-21-23-41(56)44(28-38)62-10)29-42(57)32(2)26-34(4)45(53)47(63-11)46(58)35(5)25-31/h12-14,17-18,26,31-33,35,37-41,43-45,47,56H,15-16,19-25,27-30H2,1-11H3/b14-12+,17-13+,34-26+,36-18+. The van der Waals surface area contributed by atoms with E-state index >= 15 is 8.78 Å². The smallest absolute Gasteiger partial charge is 0.329 e. The lowest BCUT2D eigenvalue weighted by Crippen LogP contribution is -2.59. The number of amides is 1. The van der Waals surface area contributed by atoms with Gasteiger partial charge < -0.3 is 29.0 Å². The first-order valence-electron chi connectivity index (χ1n) is 24.1. The maximum absolute atomic E-state index is 17.1. The highest BCUT2D eigenvalue weighted by molar-refractivity contribution is 6.39. The van der Waals surface area contributed by atoms with Crippen molar-refractivity contribution in [3.05, 3.63) is 47.6 Å². The van der Waals surface area contributed by atoms with Crippen LogP contribution in [0.1, 0.15) is 139 Å². The van der Waals surface area contributed by atoms with Crippen LogP contribution < -0.4 is 0 Å². The topological polar surface area (TPSA) is 146 Å². The number of allylic oxidation sites excluding steroid dienone is 7. The monoisotopic (exact) mass is 916 g/mol. The van der Waals surface area contributed by atoms with E-state index < -0.39 is 83.3 Å². The van der Waals surface area contributed by atoms with Gasteiger partial charge in [0, 0.05) is 44.9 Å². The lowest BCUT2D eigenvalue weighted by Gasteiger charge is -2.42. The summed E-state index contributed by atoms with van der Waals surface area (Å²) in [7, 11) is 2.85. The third-order valence-electron chi connectivity index (χ3n) is 14.9. The fraction of sp³-hybridized carbons (Fsp3) is 0.750. The molecule has 0 aromatic heterocycles. The SMILES string of the molecule is COC1CC(CC(C)C2CC(=O)C(C)/C=C(\C)C(F)C(OC)C(=O)C(C)CC(C)/C=C/C=C/C=C(\C)C(C)(C)CC3CCC(C)C(F)(O3)C(=O)C(=O)N3CCCCC3C(=O)O2)CCC1O. The van der Waals surface area contributed by atoms with Crippen molar-refractivity contribution in [2.45, 2.75) is 188 Å². The number of cyclic esters (lactones) is 1. The van der Waals surface area contributed by atoms with E-state index in [1.807, 2.05) is 65.0 Å². The quantitative estimate of drug-likeness (QED) is 0.161. The average Bonchev–Trinajstić information content (AvgIpc) is 3.26. The lowest BCUT2D eigenvalue weighted by molar-refractivity contribution is -0.231. The summed E-state index contributed by atoms with van der Waals surface area (Å²) in [5.74, 6) is -9.44. The molecular weight excluding hydrogens is 837 g/mol. The Hall–Kier alpha value is -3.39. The molecule has 14 atom stereocenters. The molecule has 1 saturated carbocycles. The summed E-state index contributed by atoms with van der Waals surface area (Å²) in [5, 5.41) is 10.5. The third-order valence-corrected chi connectivity index (χ3v) is 14.9. The number of ether oxygens (including phenoxy) is 4. The van der Waals surface area contributed by atoms with Crippen molar-refractivity contribution in [1.82, 2.24) is 4.90 Å². The minimum atomic E-state index is -2.90. The van der Waals surface area contributed by atoms with Gasteiger partial charge in [-0.15, -0.1) is 0 Å². The number of methoxy groups -OCH3 is 2. The van der Waals surface area contributed by atoms with Crippen molar-refractivity contribution in [2.24, 2.45) is 40.9 Å². The molecule has 366 valence electrons. The molecule has 3 aliphatic heterocycles. The van der Waals surface area contributed by atoms with E-state index in [2.05, 4.69) is 0 Å². The molecule has 0 spiro atoms. The molecule has 13 heteroatoms. The zero-order chi connectivity index (χ0) is 48.4. The summed E-state index contributed by atoms with van der Waals surface area (Å²) in [5.41, 5.74) is 0.697. The molecule has 65 heavy (non-hydrogen) atoms. The molecule has 1 aliphatic carbocycles. The number of rotatable bonds is 5. The van der Waals surface area contributed by atoms with Crippen molar-refractivity contribution < 1.29 is 56.8 Å². The van der Waals surface area contributed by atoms with Gasteiger partial charge >= 0.3 is 5.97 Å². The fourth-order valence-electron chi connectivity index (χ4n) is 10.2. The Morgan fingerprint density at radius 1 is 0.923 bits per heavy atom. The molecule has 2 bridgehead atoms. The molecule has 11 nitrogen and oxygen atoms in total. The van der Waals surface area contributed by atoms with Crippen LogP contribution in [-0.2, 0) is 42.9 Å². The Balaban J connectivity index is 1.71. The van der Waals surface area contributed by atoms with Gasteiger partial charge in [-0.2, -0.15) is 0 Å². The van der Waals surface area contributed by atoms with Crippen LogP contribution in [0.5, 0.6) is 0 Å². The number of ketones is 3. The van der Waals surface area contributed by atoms with Crippen LogP contribution in [0.2, 0.25) is 0 Å². The normalized spacial score (nSPS) is 40.1. The Morgan fingerprint density at radius 3 is 2.31 bits per heavy atom. The van der Waals surface area contributed by atoms with Crippen LogP contribution >= 0.6 is 0 Å². The number of Topliss-reactive ketones (excluding diaryl/α,β-unsaturated/α-hetero) is 3. The minimum Gasteiger partial charge on any atom is -0.460 e. The molecule has 3 fully saturated rings. The number of hydrogen-bond donors (Lipinski definition) is 1. The van der Waals surface area contributed by atoms with Crippen molar-refractivity contribution in [1.29, 1.82) is 0 Å². The number of carbonyl (C=O) groups excluding carboxylic acids is 5. The zero-order valence-electron chi connectivity index (χ0n) is 41.0. The van der Waals surface area contributed by atoms with Crippen molar-refractivity contribution in [3.8, 4) is 0 Å². The molecular formula is C52H79F2NO10. The van der Waals surface area contributed by atoms with Gasteiger partial charge in [-0.1, -0.05) is 90.5 Å². The van der Waals surface area contributed by atoms with Crippen molar-refractivity contribution in [3.63, 3.8) is 0 Å². The van der Waals surface area contributed by atoms with Gasteiger partial charge in [-0.05, 0) is 113 Å². The van der Waals surface area contributed by atoms with E-state index in [0.29, 0.717) is 64.2 Å². The highest BCUT2D eigenvalue weighted by Crippen LogP contribution is 2.43. The maximum atomic E-state index is 17.1. The second-order valence-electron chi connectivity index (χ2n) is 20.6. The van der Waals surface area contributed by atoms with E-state index in [1.165, 1.54) is 20.1 Å². The van der Waals surface area contributed by atoms with Crippen LogP contribution in [0, 0.1) is 40.9 Å². The van der Waals surface area contributed by atoms with Gasteiger partial charge in [0.05, 0.1) is 18.3 Å². The van der Waals surface area contributed by atoms with Crippen LogP contribution in [0.3, 0.4) is 0 Å². The van der Waals surface area contributed by atoms with Gasteiger partial charge in [0.2, 0.25) is 0 Å². The Kier molecular flexibility index (Phi) is 20.1. The molecule has 1 amide bonds. The molecule has 3 heterocycles. The summed E-state index contributed by atoms with van der Waals surface area (Å²) >= 11 is 0. The Labute approximate surface area is 387 Å². The number of esters is 1. The number of nitrogens with zero attached hydrogens (tertiary/aromatic N) is 1. The second kappa shape index (κ2) is 24.1. The number of halogens is 2. The minimum absolute atomic E-state index is 0.0151. The molecule has 2 saturated heterocycles. The van der Waals surface area contributed by atoms with Crippen molar-refractivity contribution >= 4 is 29.2 Å². The first-order valence-corrected chi connectivity index (χ1v) is 24.1. The summed E-state index contributed by atoms with van der Waals surface area (Å²) in [6.07, 6.45) is 10.3. The summed E-state index contributed by atoms with van der Waals surface area (Å²) in [4.78, 5) is 71.4. The Bertz CT molecular complexity index is 1790. The van der Waals surface area contributed by atoms with Crippen LogP contribution in [0.25, 0.3) is 0 Å². The third kappa shape index (κ3) is 14.1. The molecule has 0 aromatic rings. The number of aliphatic hydroxyl groups excluding tert-OH is 1. The lowest BCUT2D eigenvalue weighted by atomic mass is 9.77. The van der Waals surface area contributed by atoms with Gasteiger partial charge in [-0.25, -0.2) is 13.6 Å². The largest absolute Gasteiger partial charge is 0.460 e. The van der Waals surface area contributed by atoms with Crippen LogP contribution in [0.4, 0.5) is 8.78 Å². The van der Waals surface area contributed by atoms with E-state index in [4.69, 9.17) is 18.9 Å². The van der Waals surface area contributed by atoms with Gasteiger partial charge in [0.1, 0.15) is 17.9 Å². The molecule has 0 aromatic carbocycles. The summed E-state index contributed by atoms with van der Waals surface area (Å²) in [6.45, 7) is 16.4. The predicted molar refractivity (Wildman–Crippen MR) is 246 cm³/mol. The first kappa shape index (κ1) is 54.2. The van der Waals surface area contributed by atoms with E-state index in [9.17, 15) is 29.1 Å². The number of fused-ring (bicyclic) bond motifs is 3. The van der Waals surface area contributed by atoms with E-state index in [0.717, 1.165) is 10.5 Å². The first-order chi connectivity index (χ1) is 30.5. The number of aliphatic hydroxyl groups is 1. The number of carbonyl (C=O) groups is 5. The van der Waals surface area contributed by atoms with Crippen LogP contribution in [-0.4, -0.2) is 109 Å². The van der Waals surface area contributed by atoms with Gasteiger partial charge in [-0.3, -0.25) is 19.2 Å². The molecule has 4 rings (SSSR count). The van der Waals surface area contributed by atoms with E-state index in [-0.39, 0.29) is 60.4 Å². The van der Waals surface area contributed by atoms with Crippen molar-refractivity contribution in [2.75, 3.05) is 20.8 Å². The van der Waals surface area contributed by atoms with Gasteiger partial charge in [0.25, 0.3) is 17.5 Å². The maximum Gasteiger partial charge on any atom is 0.329 e. The summed E-state index contributed by atoms with van der Waals surface area (Å²) in [6, 6.07) is -1.20. The molecule has 1 N–H and O–H groups in total. The number of alkyl halides is 2. The molecule has 4 aliphatic rings. The predicted octanol–water partition coefficient (Wildman–Crippen LogP) is 9.15. The van der Waals surface area contributed by atoms with Crippen LogP contribution in [0.15, 0.2) is 47.6 Å². The van der Waals surface area contributed by atoms with E-state index in [1.54, 1.807) is 27.9 Å². The highest BCUT2D eigenvalue weighted by atomic mass is 19.2.